The first-order valence-corrected chi connectivity index (χ1v) is 5.53. The number of nitrogens with one attached hydrogen (secondary N) is 1. The molecule has 0 aliphatic rings. The second-order valence-corrected chi connectivity index (χ2v) is 4.15. The van der Waals surface area contributed by atoms with Crippen molar-refractivity contribution in [3.8, 4) is 0 Å². The van der Waals surface area contributed by atoms with E-state index >= 15 is 0 Å². The predicted octanol–water partition coefficient (Wildman–Crippen LogP) is 0.886. The van der Waals surface area contributed by atoms with Crippen molar-refractivity contribution in [2.45, 2.75) is 27.2 Å². The third kappa shape index (κ3) is 7.23. The summed E-state index contributed by atoms with van der Waals surface area (Å²) < 4.78 is 5.27. The van der Waals surface area contributed by atoms with E-state index in [1.165, 1.54) is 6.92 Å². The molecule has 0 aliphatic heterocycles. The lowest BCUT2D eigenvalue weighted by molar-refractivity contribution is -0.146. The summed E-state index contributed by atoms with van der Waals surface area (Å²) in [4.78, 5) is 21.6. The molecule has 1 amide bonds. The van der Waals surface area contributed by atoms with Crippen molar-refractivity contribution < 1.29 is 19.4 Å². The van der Waals surface area contributed by atoms with E-state index in [1.54, 1.807) is 0 Å². The molecule has 94 valence electrons. The molecule has 0 spiro atoms. The molecular formula is C11H21NO4. The maximum absolute atomic E-state index is 11.2. The third-order valence-corrected chi connectivity index (χ3v) is 2.15. The minimum atomic E-state index is -1.11. The number of ether oxygens (including phenoxy) is 1. The van der Waals surface area contributed by atoms with E-state index in [2.05, 4.69) is 19.2 Å². The van der Waals surface area contributed by atoms with E-state index in [1.807, 2.05) is 0 Å². The first-order valence-electron chi connectivity index (χ1n) is 5.53. The molecule has 1 atom stereocenters. The van der Waals surface area contributed by atoms with Gasteiger partial charge in [0.05, 0.1) is 6.61 Å². The first-order chi connectivity index (χ1) is 7.45. The molecule has 0 saturated heterocycles. The van der Waals surface area contributed by atoms with Gasteiger partial charge in [-0.05, 0) is 19.3 Å². The predicted molar refractivity (Wildman–Crippen MR) is 60.1 cm³/mol. The minimum absolute atomic E-state index is 0.356. The van der Waals surface area contributed by atoms with Crippen LogP contribution in [0.1, 0.15) is 27.2 Å². The average Bonchev–Trinajstić information content (AvgIpc) is 2.21. The number of carbonyl (C=O) groups excluding carboxylic acids is 1. The summed E-state index contributed by atoms with van der Waals surface area (Å²) in [5.41, 5.74) is 0. The molecule has 0 aromatic rings. The Morgan fingerprint density at radius 3 is 2.38 bits per heavy atom. The fourth-order valence-electron chi connectivity index (χ4n) is 0.933. The van der Waals surface area contributed by atoms with E-state index in [4.69, 9.17) is 9.84 Å². The number of hydrogen-bond donors (Lipinski definition) is 2. The van der Waals surface area contributed by atoms with E-state index in [9.17, 15) is 9.59 Å². The zero-order valence-electron chi connectivity index (χ0n) is 10.2. The van der Waals surface area contributed by atoms with Crippen LogP contribution in [0.25, 0.3) is 0 Å². The lowest BCUT2D eigenvalue weighted by Crippen LogP contribution is -2.35. The summed E-state index contributed by atoms with van der Waals surface area (Å²) in [5.74, 6) is -1.99. The van der Waals surface area contributed by atoms with Crippen LogP contribution in [0, 0.1) is 11.8 Å². The number of hydrogen-bond acceptors (Lipinski definition) is 3. The minimum Gasteiger partial charge on any atom is -0.481 e. The van der Waals surface area contributed by atoms with Crippen LogP contribution in [0.15, 0.2) is 0 Å². The highest BCUT2D eigenvalue weighted by molar-refractivity contribution is 5.96. The standard InChI is InChI=1S/C11H21NO4/c1-8(2)4-6-16-7-5-12-10(13)9(3)11(14)15/h8-9H,4-7H2,1-3H3,(H,12,13)(H,14,15). The zero-order valence-corrected chi connectivity index (χ0v) is 10.2. The number of carboxylic acids is 1. The highest BCUT2D eigenvalue weighted by Gasteiger charge is 2.19. The van der Waals surface area contributed by atoms with Crippen molar-refractivity contribution in [1.29, 1.82) is 0 Å². The highest BCUT2D eigenvalue weighted by Crippen LogP contribution is 1.98. The SMILES string of the molecule is CC(C)CCOCCNC(=O)C(C)C(=O)O. The maximum Gasteiger partial charge on any atom is 0.315 e. The first kappa shape index (κ1) is 14.9. The van der Waals surface area contributed by atoms with Crippen molar-refractivity contribution in [2.24, 2.45) is 11.8 Å². The monoisotopic (exact) mass is 231 g/mol. The summed E-state index contributed by atoms with van der Waals surface area (Å²) in [6.07, 6.45) is 0.986. The average molecular weight is 231 g/mol. The summed E-state index contributed by atoms with van der Waals surface area (Å²) in [6, 6.07) is 0. The van der Waals surface area contributed by atoms with E-state index in [0.29, 0.717) is 25.7 Å². The van der Waals surface area contributed by atoms with Crippen LogP contribution >= 0.6 is 0 Å². The Labute approximate surface area is 96.2 Å². The van der Waals surface area contributed by atoms with Gasteiger partial charge in [0, 0.05) is 13.2 Å². The van der Waals surface area contributed by atoms with Gasteiger partial charge in [-0.1, -0.05) is 13.8 Å². The maximum atomic E-state index is 11.2. The molecule has 0 aliphatic carbocycles. The van der Waals surface area contributed by atoms with Crippen LogP contribution in [-0.4, -0.2) is 36.7 Å². The number of carbonyl (C=O) groups is 2. The van der Waals surface area contributed by atoms with Crippen LogP contribution in [-0.2, 0) is 14.3 Å². The fraction of sp³-hybridized carbons (Fsp3) is 0.818. The Bertz CT molecular complexity index is 228. The summed E-state index contributed by atoms with van der Waals surface area (Å²) in [6.45, 7) is 7.03. The Morgan fingerprint density at radius 2 is 1.88 bits per heavy atom. The van der Waals surface area contributed by atoms with Gasteiger partial charge in [-0.15, -0.1) is 0 Å². The van der Waals surface area contributed by atoms with E-state index < -0.39 is 17.8 Å². The Hall–Kier alpha value is -1.10. The van der Waals surface area contributed by atoms with Gasteiger partial charge >= 0.3 is 5.97 Å². The van der Waals surface area contributed by atoms with Gasteiger partial charge in [0.1, 0.15) is 5.92 Å². The molecule has 0 radical (unpaired) electrons. The molecule has 2 N–H and O–H groups in total. The van der Waals surface area contributed by atoms with Crippen molar-refractivity contribution in [3.63, 3.8) is 0 Å². The molecule has 5 nitrogen and oxygen atoms in total. The summed E-state index contributed by atoms with van der Waals surface area (Å²) in [5, 5.41) is 11.1. The normalized spacial score (nSPS) is 12.5. The van der Waals surface area contributed by atoms with E-state index in [-0.39, 0.29) is 0 Å². The van der Waals surface area contributed by atoms with Gasteiger partial charge in [-0.25, -0.2) is 0 Å². The smallest absolute Gasteiger partial charge is 0.315 e. The second-order valence-electron chi connectivity index (χ2n) is 4.15. The molecule has 0 heterocycles. The van der Waals surface area contributed by atoms with Gasteiger partial charge in [-0.2, -0.15) is 0 Å². The molecule has 0 saturated carbocycles. The molecule has 0 rings (SSSR count). The Morgan fingerprint density at radius 1 is 1.25 bits per heavy atom. The number of aliphatic carboxylic acids is 1. The largest absolute Gasteiger partial charge is 0.481 e. The summed E-state index contributed by atoms with van der Waals surface area (Å²) in [7, 11) is 0. The van der Waals surface area contributed by atoms with Crippen LogP contribution in [0.2, 0.25) is 0 Å². The van der Waals surface area contributed by atoms with Crippen molar-refractivity contribution >= 4 is 11.9 Å². The van der Waals surface area contributed by atoms with Gasteiger partial charge < -0.3 is 15.2 Å². The molecule has 0 bridgehead atoms. The van der Waals surface area contributed by atoms with Gasteiger partial charge in [0.25, 0.3) is 0 Å². The number of rotatable bonds is 8. The van der Waals surface area contributed by atoms with Crippen LogP contribution in [0.3, 0.4) is 0 Å². The molecule has 1 unspecified atom stereocenters. The van der Waals surface area contributed by atoms with Crippen molar-refractivity contribution in [1.82, 2.24) is 5.32 Å². The molecule has 0 aromatic heterocycles. The molecule has 0 aromatic carbocycles. The van der Waals surface area contributed by atoms with Crippen molar-refractivity contribution in [3.05, 3.63) is 0 Å². The highest BCUT2D eigenvalue weighted by atomic mass is 16.5. The van der Waals surface area contributed by atoms with Gasteiger partial charge in [0.15, 0.2) is 0 Å². The molecular weight excluding hydrogens is 210 g/mol. The van der Waals surface area contributed by atoms with Crippen molar-refractivity contribution in [2.75, 3.05) is 19.8 Å². The zero-order chi connectivity index (χ0) is 12.6. The molecule has 5 heteroatoms. The fourth-order valence-corrected chi connectivity index (χ4v) is 0.933. The lowest BCUT2D eigenvalue weighted by Gasteiger charge is -2.09. The lowest BCUT2D eigenvalue weighted by atomic mass is 10.1. The quantitative estimate of drug-likeness (QED) is 0.480. The van der Waals surface area contributed by atoms with Gasteiger partial charge in [0.2, 0.25) is 5.91 Å². The summed E-state index contributed by atoms with van der Waals surface area (Å²) >= 11 is 0. The topological polar surface area (TPSA) is 75.6 Å². The Balaban J connectivity index is 3.45. The van der Waals surface area contributed by atoms with Crippen LogP contribution in [0.4, 0.5) is 0 Å². The Kier molecular flexibility index (Phi) is 7.54. The molecule has 16 heavy (non-hydrogen) atoms. The van der Waals surface area contributed by atoms with E-state index in [0.717, 1.165) is 6.42 Å². The second kappa shape index (κ2) is 8.10. The molecule has 0 fully saturated rings. The van der Waals surface area contributed by atoms with Crippen LogP contribution < -0.4 is 5.32 Å². The number of carboxylic acid groups (broad SMARTS) is 1. The van der Waals surface area contributed by atoms with Crippen LogP contribution in [0.5, 0.6) is 0 Å². The number of amides is 1. The third-order valence-electron chi connectivity index (χ3n) is 2.15. The van der Waals surface area contributed by atoms with Gasteiger partial charge in [-0.3, -0.25) is 9.59 Å².